The highest BCUT2D eigenvalue weighted by molar-refractivity contribution is 14.1. The first-order valence-corrected chi connectivity index (χ1v) is 13.6. The standard InChI is InChI=1S/C12H21N3O5.C9H14IN3O7/c13-4-2-1-3-7(11(14)18)15-12(19)10-5-8(16)9(17)6-20-10;11-3(14)1-2-13(10-19)9-5(16)4(15)7(20-9)6(17)8(12)18/h5,7-9,16-17H,1-4,6,13H2,(H2,14,18)(H,15,19);1-2,4-7,9,15-17H,(H2,11,14)(H2,12,18)/b;2-1-. The van der Waals surface area contributed by atoms with Crippen molar-refractivity contribution in [1.82, 2.24) is 8.43 Å². The van der Waals surface area contributed by atoms with Gasteiger partial charge in [-0.2, -0.15) is 0 Å². The summed E-state index contributed by atoms with van der Waals surface area (Å²) in [6, 6.07) is -0.817. The van der Waals surface area contributed by atoms with Crippen molar-refractivity contribution in [2.75, 3.05) is 13.2 Å². The molecule has 8 atom stereocenters. The van der Waals surface area contributed by atoms with Crippen LogP contribution in [0.2, 0.25) is 0 Å². The molecule has 0 aliphatic carbocycles. The zero-order valence-corrected chi connectivity index (χ0v) is 23.3. The van der Waals surface area contributed by atoms with Crippen LogP contribution >= 0.6 is 21.5 Å². The largest absolute Gasteiger partial charge is 0.485 e. The van der Waals surface area contributed by atoms with Gasteiger partial charge in [0.25, 0.3) is 27.4 Å². The molecule has 40 heavy (non-hydrogen) atoms. The van der Waals surface area contributed by atoms with E-state index >= 15 is 0 Å². The Balaban J connectivity index is 0.000000400. The van der Waals surface area contributed by atoms with Crippen LogP contribution in [0, 0.1) is 0 Å². The molecule has 2 aliphatic heterocycles. The van der Waals surface area contributed by atoms with Crippen molar-refractivity contribution in [2.45, 2.75) is 68.2 Å². The summed E-state index contributed by atoms with van der Waals surface area (Å²) in [4.78, 5) is 44.6. The van der Waals surface area contributed by atoms with Gasteiger partial charge in [-0.05, 0) is 31.9 Å². The number of unbranched alkanes of at least 4 members (excludes halogenated alkanes) is 1. The predicted molar refractivity (Wildman–Crippen MR) is 141 cm³/mol. The lowest BCUT2D eigenvalue weighted by Crippen LogP contribution is -2.46. The number of hydrogen-bond donors (Lipinski definition) is 10. The van der Waals surface area contributed by atoms with E-state index in [9.17, 15) is 47.8 Å². The molecule has 2 heterocycles. The zero-order valence-electron chi connectivity index (χ0n) is 21.1. The molecular formula is C21H35IN6O12. The number of nitrogens with one attached hydrogen (secondary N) is 1. The monoisotopic (exact) mass is 690 g/mol. The van der Waals surface area contributed by atoms with Crippen molar-refractivity contribution < 1.29 is 57.3 Å². The quantitative estimate of drug-likeness (QED) is 0.0373. The van der Waals surface area contributed by atoms with Gasteiger partial charge in [0.15, 0.2) is 18.1 Å². The summed E-state index contributed by atoms with van der Waals surface area (Å²) < 4.78 is 22.1. The molecule has 2 rings (SSSR count). The van der Waals surface area contributed by atoms with E-state index in [2.05, 4.69) is 5.32 Å². The first-order valence-electron chi connectivity index (χ1n) is 11.8. The number of nitrogens with zero attached hydrogens (tertiary/aromatic N) is 1. The first-order chi connectivity index (χ1) is 18.7. The Morgan fingerprint density at radius 3 is 2.25 bits per heavy atom. The fourth-order valence-electron chi connectivity index (χ4n) is 3.34. The van der Waals surface area contributed by atoms with Crippen LogP contribution in [-0.2, 0) is 31.7 Å². The maximum absolute atomic E-state index is 11.9. The molecular weight excluding hydrogens is 655 g/mol. The first kappa shape index (κ1) is 35.2. The van der Waals surface area contributed by atoms with Gasteiger partial charge in [0.1, 0.15) is 43.2 Å². The van der Waals surface area contributed by atoms with E-state index in [-0.39, 0.29) is 12.4 Å². The Morgan fingerprint density at radius 2 is 1.75 bits per heavy atom. The van der Waals surface area contributed by atoms with Gasteiger partial charge in [-0.1, -0.05) is 0 Å². The lowest BCUT2D eigenvalue weighted by molar-refractivity contribution is -0.139. The van der Waals surface area contributed by atoms with Gasteiger partial charge in [0, 0.05) is 12.3 Å². The molecule has 14 N–H and O–H groups in total. The van der Waals surface area contributed by atoms with Crippen LogP contribution in [0.3, 0.4) is 0 Å². The second-order valence-electron chi connectivity index (χ2n) is 8.56. The maximum Gasteiger partial charge on any atom is 0.286 e. The Kier molecular flexibility index (Phi) is 15.1. The summed E-state index contributed by atoms with van der Waals surface area (Å²) in [6.07, 6.45) is -5.22. The number of hydrogen-bond acceptors (Lipinski definition) is 13. The van der Waals surface area contributed by atoms with E-state index in [4.69, 9.17) is 32.4 Å². The third kappa shape index (κ3) is 10.6. The summed E-state index contributed by atoms with van der Waals surface area (Å²) in [5.41, 5.74) is 20.3. The Hall–Kier alpha value is -2.79. The number of carbonyl (C=O) groups is 4. The number of primary amides is 3. The van der Waals surface area contributed by atoms with Crippen molar-refractivity contribution in [2.24, 2.45) is 22.9 Å². The molecule has 0 aromatic carbocycles. The third-order valence-electron chi connectivity index (χ3n) is 5.53. The van der Waals surface area contributed by atoms with Gasteiger partial charge in [0.05, 0.1) is 0 Å². The molecule has 4 amide bonds. The highest BCUT2D eigenvalue weighted by atomic mass is 127. The zero-order chi connectivity index (χ0) is 30.6. The van der Waals surface area contributed by atoms with Gasteiger partial charge in [-0.25, -0.2) is 3.07 Å². The highest BCUT2D eigenvalue weighted by Gasteiger charge is 2.49. The third-order valence-corrected chi connectivity index (χ3v) is 6.85. The normalized spacial score (nSPS) is 27.4. The molecule has 0 aromatic heterocycles. The molecule has 0 aromatic rings. The number of carbonyl (C=O) groups excluding carboxylic acids is 4. The van der Waals surface area contributed by atoms with E-state index in [1.807, 2.05) is 0 Å². The topological polar surface area (TPSA) is 324 Å². The lowest BCUT2D eigenvalue weighted by atomic mass is 10.1. The van der Waals surface area contributed by atoms with Crippen molar-refractivity contribution in [3.63, 3.8) is 0 Å². The van der Waals surface area contributed by atoms with E-state index < -0.39 is 94.0 Å². The number of ether oxygens (including phenoxy) is 2. The van der Waals surface area contributed by atoms with Crippen LogP contribution in [-0.4, -0.2) is 114 Å². The molecule has 228 valence electrons. The van der Waals surface area contributed by atoms with Crippen molar-refractivity contribution >= 4 is 45.1 Å². The van der Waals surface area contributed by atoms with Crippen LogP contribution in [0.25, 0.3) is 0 Å². The van der Waals surface area contributed by atoms with E-state index in [1.165, 1.54) is 0 Å². The van der Waals surface area contributed by atoms with Crippen molar-refractivity contribution in [3.8, 4) is 0 Å². The fourth-order valence-corrected chi connectivity index (χ4v) is 4.32. The molecule has 1 fully saturated rings. The van der Waals surface area contributed by atoms with Gasteiger partial charge >= 0.3 is 0 Å². The van der Waals surface area contributed by atoms with Crippen LogP contribution in [0.1, 0.15) is 19.3 Å². The van der Waals surface area contributed by atoms with E-state index in [0.717, 1.165) is 27.9 Å². The molecule has 8 unspecified atom stereocenters. The van der Waals surface area contributed by atoms with Gasteiger partial charge in [-0.15, -0.1) is 0 Å². The number of nitrogens with two attached hydrogens (primary N) is 4. The van der Waals surface area contributed by atoms with E-state index in [1.54, 1.807) is 0 Å². The number of aliphatic hydroxyl groups excluding tert-OH is 5. The summed E-state index contributed by atoms with van der Waals surface area (Å²) in [5, 5.41) is 50.0. The number of amides is 4. The molecule has 0 bridgehead atoms. The van der Waals surface area contributed by atoms with Gasteiger partial charge < -0.3 is 63.3 Å². The summed E-state index contributed by atoms with van der Waals surface area (Å²) in [5.74, 6) is -3.38. The molecule has 0 spiro atoms. The maximum atomic E-state index is 11.9. The van der Waals surface area contributed by atoms with Gasteiger partial charge in [-0.3, -0.25) is 22.3 Å². The Bertz CT molecular complexity index is 968. The minimum atomic E-state index is -1.91. The van der Waals surface area contributed by atoms with Crippen LogP contribution in [0.5, 0.6) is 0 Å². The van der Waals surface area contributed by atoms with Gasteiger partial charge in [0.2, 0.25) is 17.7 Å². The minimum absolute atomic E-state index is 0.132. The predicted octanol–water partition coefficient (Wildman–Crippen LogP) is -5.47. The molecule has 0 radical (unpaired) electrons. The number of rotatable bonds is 13. The average Bonchev–Trinajstić information content (AvgIpc) is 3.19. The van der Waals surface area contributed by atoms with Crippen molar-refractivity contribution in [3.05, 3.63) is 24.1 Å². The molecule has 1 saturated heterocycles. The highest BCUT2D eigenvalue weighted by Crippen LogP contribution is 2.29. The van der Waals surface area contributed by atoms with Crippen LogP contribution in [0.15, 0.2) is 24.1 Å². The number of halogens is 1. The summed E-state index contributed by atoms with van der Waals surface area (Å²) in [6.45, 7) is 0.312. The SMILES string of the molecule is NC(=O)/C=C\N(I=O)C1OC(C(O)C(N)=O)C(O)C1O.NCCCCC(NC(=O)C1=CC(O)C(O)CO1)C(N)=O. The molecule has 2 aliphatic rings. The molecule has 19 heteroatoms. The smallest absolute Gasteiger partial charge is 0.286 e. The van der Waals surface area contributed by atoms with Crippen LogP contribution < -0.4 is 28.3 Å². The Morgan fingerprint density at radius 1 is 1.10 bits per heavy atom. The van der Waals surface area contributed by atoms with Crippen LogP contribution in [0.4, 0.5) is 0 Å². The Labute approximate surface area is 238 Å². The lowest BCUT2D eigenvalue weighted by Gasteiger charge is -2.24. The molecule has 0 saturated carbocycles. The van der Waals surface area contributed by atoms with Crippen molar-refractivity contribution in [1.29, 1.82) is 0 Å². The second kappa shape index (κ2) is 17.1. The molecule has 18 nitrogen and oxygen atoms in total. The summed E-state index contributed by atoms with van der Waals surface area (Å²) in [7, 11) is 0. The minimum Gasteiger partial charge on any atom is -0.485 e. The number of aliphatic hydroxyl groups is 5. The summed E-state index contributed by atoms with van der Waals surface area (Å²) >= 11 is -1.91. The van der Waals surface area contributed by atoms with E-state index in [0.29, 0.717) is 19.4 Å². The second-order valence-corrected chi connectivity index (χ2v) is 10.1. The fraction of sp³-hybridized carbons (Fsp3) is 0.619. The average molecular weight is 690 g/mol.